The van der Waals surface area contributed by atoms with Gasteiger partial charge >= 0.3 is 0 Å². The van der Waals surface area contributed by atoms with Crippen LogP contribution in [0.1, 0.15) is 65.7 Å². The lowest BCUT2D eigenvalue weighted by molar-refractivity contribution is 0.267. The van der Waals surface area contributed by atoms with Gasteiger partial charge in [0.05, 0.1) is 0 Å². The van der Waals surface area contributed by atoms with Crippen molar-refractivity contribution in [3.63, 3.8) is 0 Å². The third-order valence-corrected chi connectivity index (χ3v) is 4.78. The van der Waals surface area contributed by atoms with E-state index >= 15 is 0 Å². The molecule has 2 fully saturated rings. The van der Waals surface area contributed by atoms with Gasteiger partial charge in [-0.3, -0.25) is 0 Å². The van der Waals surface area contributed by atoms with E-state index in [9.17, 15) is 0 Å². The van der Waals surface area contributed by atoms with Crippen molar-refractivity contribution in [2.75, 3.05) is 0 Å². The van der Waals surface area contributed by atoms with Gasteiger partial charge in [0.15, 0.2) is 0 Å². The number of rotatable bonds is 3. The second-order valence-corrected chi connectivity index (χ2v) is 6.59. The average Bonchev–Trinajstić information content (AvgIpc) is 2.73. The Kier molecular flexibility index (Phi) is 2.91. The predicted octanol–water partition coefficient (Wildman–Crippen LogP) is 4.64. The molecule has 1 atom stereocenters. The van der Waals surface area contributed by atoms with Crippen LogP contribution in [0.5, 0.6) is 0 Å². The van der Waals surface area contributed by atoms with E-state index in [1.165, 1.54) is 44.9 Å². The summed E-state index contributed by atoms with van der Waals surface area (Å²) in [6.45, 7) is 7.28. The van der Waals surface area contributed by atoms with Crippen molar-refractivity contribution in [2.45, 2.75) is 65.7 Å². The largest absolute Gasteiger partial charge is 0.0625 e. The van der Waals surface area contributed by atoms with E-state index in [0.717, 1.165) is 17.8 Å². The van der Waals surface area contributed by atoms with Gasteiger partial charge in [0.1, 0.15) is 0 Å². The van der Waals surface area contributed by atoms with Crippen LogP contribution in [0.3, 0.4) is 0 Å². The molecule has 0 heterocycles. The molecule has 1 unspecified atom stereocenters. The lowest BCUT2D eigenvalue weighted by atomic mass is 9.80. The highest BCUT2D eigenvalue weighted by molar-refractivity contribution is 4.95. The molecular weight excluding hydrogens is 168 g/mol. The fourth-order valence-corrected chi connectivity index (χ4v) is 3.12. The van der Waals surface area contributed by atoms with Crippen LogP contribution in [0.15, 0.2) is 0 Å². The van der Waals surface area contributed by atoms with Crippen LogP contribution >= 0.6 is 0 Å². The summed E-state index contributed by atoms with van der Waals surface area (Å²) in [6, 6.07) is 0. The third kappa shape index (κ3) is 2.52. The van der Waals surface area contributed by atoms with E-state index < -0.39 is 0 Å². The molecule has 2 aliphatic carbocycles. The third-order valence-electron chi connectivity index (χ3n) is 4.78. The summed E-state index contributed by atoms with van der Waals surface area (Å²) in [7, 11) is 0. The van der Waals surface area contributed by atoms with E-state index in [4.69, 9.17) is 0 Å². The normalized spacial score (nSPS) is 40.9. The first kappa shape index (κ1) is 10.5. The van der Waals surface area contributed by atoms with Crippen LogP contribution in [0.2, 0.25) is 0 Å². The van der Waals surface area contributed by atoms with Crippen molar-refractivity contribution in [3.8, 4) is 0 Å². The highest BCUT2D eigenvalue weighted by Gasteiger charge is 2.44. The second-order valence-electron chi connectivity index (χ2n) is 6.59. The molecule has 0 heteroatoms. The van der Waals surface area contributed by atoms with Gasteiger partial charge in [0.25, 0.3) is 0 Å². The smallest absolute Gasteiger partial charge is 0.0323 e. The topological polar surface area (TPSA) is 0 Å². The summed E-state index contributed by atoms with van der Waals surface area (Å²) in [5.74, 6) is 3.17. The van der Waals surface area contributed by atoms with Crippen molar-refractivity contribution in [2.24, 2.45) is 23.2 Å². The Hall–Kier alpha value is 0. The maximum absolute atomic E-state index is 2.43. The molecule has 0 aromatic heterocycles. The van der Waals surface area contributed by atoms with Crippen LogP contribution < -0.4 is 0 Å². The monoisotopic (exact) mass is 194 g/mol. The fourth-order valence-electron chi connectivity index (χ4n) is 3.12. The zero-order valence-electron chi connectivity index (χ0n) is 10.2. The molecule has 0 bridgehead atoms. The molecule has 0 amide bonds. The van der Waals surface area contributed by atoms with Gasteiger partial charge in [0, 0.05) is 0 Å². The van der Waals surface area contributed by atoms with Gasteiger partial charge in [-0.2, -0.15) is 0 Å². The standard InChI is InChI=1S/C14H26/c1-11-4-6-12(7-5-11)8-9-13-10-14(13,2)3/h11-13H,4-10H2,1-3H3. The van der Waals surface area contributed by atoms with Crippen molar-refractivity contribution in [3.05, 3.63) is 0 Å². The Morgan fingerprint density at radius 3 is 2.07 bits per heavy atom. The maximum Gasteiger partial charge on any atom is -0.0323 e. The first-order valence-corrected chi connectivity index (χ1v) is 6.58. The summed E-state index contributed by atoms with van der Waals surface area (Å²) >= 11 is 0. The van der Waals surface area contributed by atoms with Gasteiger partial charge in [-0.05, 0) is 36.0 Å². The Bertz CT molecular complexity index is 184. The highest BCUT2D eigenvalue weighted by Crippen LogP contribution is 2.54. The molecule has 0 aromatic carbocycles. The summed E-state index contributed by atoms with van der Waals surface area (Å²) in [4.78, 5) is 0. The van der Waals surface area contributed by atoms with Crippen LogP contribution in [-0.4, -0.2) is 0 Å². The first-order valence-electron chi connectivity index (χ1n) is 6.58. The Labute approximate surface area is 89.5 Å². The minimum absolute atomic E-state index is 0.710. The van der Waals surface area contributed by atoms with Crippen molar-refractivity contribution in [1.29, 1.82) is 0 Å². The van der Waals surface area contributed by atoms with Crippen LogP contribution in [0, 0.1) is 23.2 Å². The molecule has 82 valence electrons. The van der Waals surface area contributed by atoms with E-state index in [1.54, 1.807) is 0 Å². The van der Waals surface area contributed by atoms with Crippen LogP contribution in [-0.2, 0) is 0 Å². The molecule has 0 nitrogen and oxygen atoms in total. The van der Waals surface area contributed by atoms with E-state index in [-0.39, 0.29) is 0 Å². The molecule has 0 aliphatic heterocycles. The zero-order valence-corrected chi connectivity index (χ0v) is 10.2. The van der Waals surface area contributed by atoms with E-state index in [1.807, 2.05) is 0 Å². The molecule has 2 aliphatic rings. The minimum atomic E-state index is 0.710. The number of hydrogen-bond donors (Lipinski definition) is 0. The lowest BCUT2D eigenvalue weighted by Crippen LogP contribution is -2.12. The molecule has 0 radical (unpaired) electrons. The average molecular weight is 194 g/mol. The molecule has 0 aromatic rings. The Morgan fingerprint density at radius 1 is 1.00 bits per heavy atom. The SMILES string of the molecule is CC1CCC(CCC2CC2(C)C)CC1. The Balaban J connectivity index is 1.62. The maximum atomic E-state index is 2.43. The molecule has 2 rings (SSSR count). The fraction of sp³-hybridized carbons (Fsp3) is 1.00. The summed E-state index contributed by atoms with van der Waals surface area (Å²) in [5, 5.41) is 0. The van der Waals surface area contributed by atoms with Crippen molar-refractivity contribution >= 4 is 0 Å². The predicted molar refractivity (Wildman–Crippen MR) is 62.2 cm³/mol. The molecular formula is C14H26. The van der Waals surface area contributed by atoms with E-state index in [0.29, 0.717) is 5.41 Å². The van der Waals surface area contributed by atoms with Gasteiger partial charge in [-0.1, -0.05) is 52.9 Å². The summed E-state index contributed by atoms with van der Waals surface area (Å²) in [5.41, 5.74) is 0.710. The molecule has 0 spiro atoms. The first-order chi connectivity index (χ1) is 6.58. The lowest BCUT2D eigenvalue weighted by Gasteiger charge is -2.26. The molecule has 0 N–H and O–H groups in total. The van der Waals surface area contributed by atoms with Crippen molar-refractivity contribution < 1.29 is 0 Å². The van der Waals surface area contributed by atoms with Gasteiger partial charge in [-0.15, -0.1) is 0 Å². The highest BCUT2D eigenvalue weighted by atomic mass is 14.5. The van der Waals surface area contributed by atoms with Crippen molar-refractivity contribution in [1.82, 2.24) is 0 Å². The van der Waals surface area contributed by atoms with Gasteiger partial charge in [0.2, 0.25) is 0 Å². The van der Waals surface area contributed by atoms with E-state index in [2.05, 4.69) is 20.8 Å². The molecule has 14 heavy (non-hydrogen) atoms. The second kappa shape index (κ2) is 3.87. The quantitative estimate of drug-likeness (QED) is 0.614. The summed E-state index contributed by atoms with van der Waals surface area (Å²) < 4.78 is 0. The Morgan fingerprint density at radius 2 is 1.57 bits per heavy atom. The summed E-state index contributed by atoms with van der Waals surface area (Å²) in [6.07, 6.45) is 10.6. The zero-order chi connectivity index (χ0) is 10.2. The van der Waals surface area contributed by atoms with Gasteiger partial charge in [-0.25, -0.2) is 0 Å². The molecule has 2 saturated carbocycles. The van der Waals surface area contributed by atoms with Crippen LogP contribution in [0.4, 0.5) is 0 Å². The minimum Gasteiger partial charge on any atom is -0.0625 e. The number of hydrogen-bond acceptors (Lipinski definition) is 0. The molecule has 0 saturated heterocycles. The van der Waals surface area contributed by atoms with Gasteiger partial charge < -0.3 is 0 Å². The van der Waals surface area contributed by atoms with Crippen LogP contribution in [0.25, 0.3) is 0 Å².